The predicted octanol–water partition coefficient (Wildman–Crippen LogP) is 2.13. The molecule has 0 saturated carbocycles. The number of esters is 1. The number of hydrogen-bond acceptors (Lipinski definition) is 5. The molecule has 2 amide bonds. The van der Waals surface area contributed by atoms with Crippen LogP contribution in [0.5, 0.6) is 0 Å². The number of benzene rings is 1. The Balaban J connectivity index is 1.88. The minimum absolute atomic E-state index is 0.0916. The molecule has 0 atom stereocenters. The van der Waals surface area contributed by atoms with Crippen molar-refractivity contribution in [1.29, 1.82) is 0 Å². The second-order valence-electron chi connectivity index (χ2n) is 5.05. The van der Waals surface area contributed by atoms with Gasteiger partial charge < -0.3 is 19.8 Å². The topological polar surface area (TPSA) is 97.6 Å². The first kappa shape index (κ1) is 17.3. The van der Waals surface area contributed by atoms with Gasteiger partial charge >= 0.3 is 5.97 Å². The molecule has 1 heterocycles. The minimum Gasteiger partial charge on any atom is -0.465 e. The maximum atomic E-state index is 12.0. The highest BCUT2D eigenvalue weighted by Crippen LogP contribution is 2.17. The molecule has 24 heavy (non-hydrogen) atoms. The van der Waals surface area contributed by atoms with Crippen LogP contribution in [0.1, 0.15) is 32.9 Å². The lowest BCUT2D eigenvalue weighted by Crippen LogP contribution is -2.27. The average molecular weight is 330 g/mol. The summed E-state index contributed by atoms with van der Waals surface area (Å²) >= 11 is 0. The van der Waals surface area contributed by atoms with E-state index in [1.807, 2.05) is 6.92 Å². The zero-order chi connectivity index (χ0) is 17.5. The molecule has 0 spiro atoms. The standard InChI is InChI=1S/C17H18N2O5/c1-11-5-6-12(17(22)23-2)10-13(11)19-15(20)7-8-18-16(21)14-4-3-9-24-14/h3-6,9-10H,7-8H2,1-2H3,(H,18,21)(H,19,20). The van der Waals surface area contributed by atoms with Gasteiger partial charge in [0.2, 0.25) is 5.91 Å². The summed E-state index contributed by atoms with van der Waals surface area (Å²) in [4.78, 5) is 35.2. The third-order valence-corrected chi connectivity index (χ3v) is 3.32. The van der Waals surface area contributed by atoms with Crippen molar-refractivity contribution in [2.24, 2.45) is 0 Å². The van der Waals surface area contributed by atoms with Crippen molar-refractivity contribution in [3.05, 3.63) is 53.5 Å². The Kier molecular flexibility index (Phi) is 5.73. The van der Waals surface area contributed by atoms with E-state index in [2.05, 4.69) is 15.4 Å². The zero-order valence-corrected chi connectivity index (χ0v) is 13.4. The lowest BCUT2D eigenvalue weighted by molar-refractivity contribution is -0.116. The lowest BCUT2D eigenvalue weighted by atomic mass is 10.1. The Bertz CT molecular complexity index is 737. The Morgan fingerprint density at radius 1 is 1.21 bits per heavy atom. The monoisotopic (exact) mass is 330 g/mol. The number of ether oxygens (including phenoxy) is 1. The van der Waals surface area contributed by atoms with E-state index in [0.717, 1.165) is 5.56 Å². The van der Waals surface area contributed by atoms with Gasteiger partial charge in [0.15, 0.2) is 5.76 Å². The number of carbonyl (C=O) groups excluding carboxylic acids is 3. The fraction of sp³-hybridized carbons (Fsp3) is 0.235. The van der Waals surface area contributed by atoms with E-state index in [1.165, 1.54) is 19.4 Å². The number of furan rings is 1. The van der Waals surface area contributed by atoms with Crippen molar-refractivity contribution in [2.75, 3.05) is 19.0 Å². The van der Waals surface area contributed by atoms with Gasteiger partial charge in [0.25, 0.3) is 5.91 Å². The van der Waals surface area contributed by atoms with E-state index in [0.29, 0.717) is 11.3 Å². The van der Waals surface area contributed by atoms with E-state index in [-0.39, 0.29) is 30.5 Å². The summed E-state index contributed by atoms with van der Waals surface area (Å²) in [6.07, 6.45) is 1.49. The zero-order valence-electron chi connectivity index (χ0n) is 13.4. The van der Waals surface area contributed by atoms with Crippen molar-refractivity contribution in [3.63, 3.8) is 0 Å². The molecule has 2 N–H and O–H groups in total. The molecule has 0 radical (unpaired) electrons. The number of hydrogen-bond donors (Lipinski definition) is 2. The fourth-order valence-electron chi connectivity index (χ4n) is 2.00. The van der Waals surface area contributed by atoms with Crippen LogP contribution in [0.25, 0.3) is 0 Å². The number of carbonyl (C=O) groups is 3. The van der Waals surface area contributed by atoms with Crippen molar-refractivity contribution >= 4 is 23.5 Å². The fourth-order valence-corrected chi connectivity index (χ4v) is 2.00. The van der Waals surface area contributed by atoms with Crippen molar-refractivity contribution in [3.8, 4) is 0 Å². The quantitative estimate of drug-likeness (QED) is 0.791. The van der Waals surface area contributed by atoms with Gasteiger partial charge in [-0.1, -0.05) is 6.07 Å². The molecule has 7 nitrogen and oxygen atoms in total. The van der Waals surface area contributed by atoms with E-state index in [4.69, 9.17) is 4.42 Å². The smallest absolute Gasteiger partial charge is 0.337 e. The van der Waals surface area contributed by atoms with Crippen molar-refractivity contribution in [2.45, 2.75) is 13.3 Å². The van der Waals surface area contributed by atoms with Crippen LogP contribution in [-0.4, -0.2) is 31.4 Å². The van der Waals surface area contributed by atoms with Crippen LogP contribution >= 0.6 is 0 Å². The van der Waals surface area contributed by atoms with Gasteiger partial charge in [0.05, 0.1) is 18.9 Å². The highest BCUT2D eigenvalue weighted by Gasteiger charge is 2.12. The minimum atomic E-state index is -0.476. The molecular weight excluding hydrogens is 312 g/mol. The van der Waals surface area contributed by atoms with E-state index in [1.54, 1.807) is 24.3 Å². The number of nitrogens with one attached hydrogen (secondary N) is 2. The molecule has 0 saturated heterocycles. The molecule has 7 heteroatoms. The van der Waals surface area contributed by atoms with Crippen LogP contribution in [0.2, 0.25) is 0 Å². The van der Waals surface area contributed by atoms with Crippen molar-refractivity contribution < 1.29 is 23.5 Å². The second-order valence-corrected chi connectivity index (χ2v) is 5.05. The molecule has 2 rings (SSSR count). The molecule has 126 valence electrons. The third-order valence-electron chi connectivity index (χ3n) is 3.32. The Hall–Kier alpha value is -3.09. The van der Waals surface area contributed by atoms with Gasteiger partial charge in [0.1, 0.15) is 0 Å². The summed E-state index contributed by atoms with van der Waals surface area (Å²) in [5, 5.41) is 5.30. The maximum Gasteiger partial charge on any atom is 0.337 e. The maximum absolute atomic E-state index is 12.0. The molecule has 0 aliphatic heterocycles. The molecule has 0 bridgehead atoms. The molecule has 0 aliphatic carbocycles. The predicted molar refractivity (Wildman–Crippen MR) is 86.8 cm³/mol. The third kappa shape index (κ3) is 4.45. The molecule has 1 aromatic heterocycles. The second kappa shape index (κ2) is 7.96. The van der Waals surface area contributed by atoms with Gasteiger partial charge in [-0.2, -0.15) is 0 Å². The number of methoxy groups -OCH3 is 1. The first-order chi connectivity index (χ1) is 11.5. The SMILES string of the molecule is COC(=O)c1ccc(C)c(NC(=O)CCNC(=O)c2ccco2)c1. The van der Waals surface area contributed by atoms with Crippen LogP contribution in [0.3, 0.4) is 0 Å². The Labute approximate surface area is 139 Å². The Morgan fingerprint density at radius 2 is 2.00 bits per heavy atom. The van der Waals surface area contributed by atoms with Gasteiger partial charge in [-0.3, -0.25) is 9.59 Å². The van der Waals surface area contributed by atoms with Crippen molar-refractivity contribution in [1.82, 2.24) is 5.32 Å². The summed E-state index contributed by atoms with van der Waals surface area (Å²) in [5.41, 5.74) is 1.69. The highest BCUT2D eigenvalue weighted by molar-refractivity contribution is 5.96. The number of anilines is 1. The van der Waals surface area contributed by atoms with Gasteiger partial charge in [0, 0.05) is 18.7 Å². The first-order valence-corrected chi connectivity index (χ1v) is 7.32. The van der Waals surface area contributed by atoms with E-state index < -0.39 is 5.97 Å². The van der Waals surface area contributed by atoms with Crippen LogP contribution in [0, 0.1) is 6.92 Å². The number of aryl methyl sites for hydroxylation is 1. The van der Waals surface area contributed by atoms with Gasteiger partial charge in [-0.05, 0) is 36.8 Å². The molecule has 0 fully saturated rings. The normalized spacial score (nSPS) is 10.1. The van der Waals surface area contributed by atoms with Crippen LogP contribution < -0.4 is 10.6 Å². The molecular formula is C17H18N2O5. The van der Waals surface area contributed by atoms with E-state index in [9.17, 15) is 14.4 Å². The van der Waals surface area contributed by atoms with E-state index >= 15 is 0 Å². The molecule has 2 aromatic rings. The number of amides is 2. The molecule has 0 unspecified atom stereocenters. The Morgan fingerprint density at radius 3 is 2.67 bits per heavy atom. The van der Waals surface area contributed by atoms with Crippen LogP contribution in [0.15, 0.2) is 41.0 Å². The van der Waals surface area contributed by atoms with Gasteiger partial charge in [-0.25, -0.2) is 4.79 Å². The molecule has 1 aromatic carbocycles. The van der Waals surface area contributed by atoms with Crippen LogP contribution in [-0.2, 0) is 9.53 Å². The average Bonchev–Trinajstić information content (AvgIpc) is 3.10. The summed E-state index contributed by atoms with van der Waals surface area (Å²) in [7, 11) is 1.29. The summed E-state index contributed by atoms with van der Waals surface area (Å²) in [5.74, 6) is -0.940. The molecule has 0 aliphatic rings. The number of rotatable bonds is 6. The van der Waals surface area contributed by atoms with Gasteiger partial charge in [-0.15, -0.1) is 0 Å². The summed E-state index contributed by atoms with van der Waals surface area (Å²) in [6.45, 7) is 1.98. The lowest BCUT2D eigenvalue weighted by Gasteiger charge is -2.10. The largest absolute Gasteiger partial charge is 0.465 e. The summed E-state index contributed by atoms with van der Waals surface area (Å²) in [6, 6.07) is 8.05. The summed E-state index contributed by atoms with van der Waals surface area (Å²) < 4.78 is 9.61. The van der Waals surface area contributed by atoms with Crippen LogP contribution in [0.4, 0.5) is 5.69 Å². The highest BCUT2D eigenvalue weighted by atomic mass is 16.5. The first-order valence-electron chi connectivity index (χ1n) is 7.32.